The van der Waals surface area contributed by atoms with Gasteiger partial charge in [0, 0.05) is 18.1 Å². The van der Waals surface area contributed by atoms with Crippen molar-refractivity contribution in [2.24, 2.45) is 39.6 Å². The van der Waals surface area contributed by atoms with Crippen LogP contribution in [0.3, 0.4) is 0 Å². The topological polar surface area (TPSA) is 392 Å². The molecule has 0 aliphatic carbocycles. The van der Waals surface area contributed by atoms with Crippen molar-refractivity contribution in [2.45, 2.75) is 94.9 Å². The molecule has 0 aromatic heterocycles. The summed E-state index contributed by atoms with van der Waals surface area (Å²) in [5.74, 6) is -8.42. The Bertz CT molecular complexity index is 1320. The Morgan fingerprint density at radius 1 is 0.660 bits per heavy atom. The maximum atomic E-state index is 13.3. The highest BCUT2D eigenvalue weighted by Gasteiger charge is 2.35. The highest BCUT2D eigenvalue weighted by molar-refractivity contribution is 7.80. The predicted octanol–water partition coefficient (Wildman–Crippen LogP) is -7.08. The minimum absolute atomic E-state index is 0.0382. The second kappa shape index (κ2) is 24.8. The molecule has 302 valence electrons. The van der Waals surface area contributed by atoms with Crippen LogP contribution in [0.15, 0.2) is 4.99 Å². The Labute approximate surface area is 317 Å². The molecule has 0 spiro atoms. The molecule has 0 radical (unpaired) electrons. The zero-order chi connectivity index (χ0) is 41.0. The van der Waals surface area contributed by atoms with Gasteiger partial charge in [-0.25, -0.2) is 0 Å². The first-order valence-electron chi connectivity index (χ1n) is 16.4. The quantitative estimate of drug-likeness (QED) is 0.0177. The van der Waals surface area contributed by atoms with Gasteiger partial charge in [0.25, 0.3) is 0 Å². The molecule has 18 N–H and O–H groups in total. The van der Waals surface area contributed by atoms with Gasteiger partial charge in [-0.2, -0.15) is 25.3 Å². The van der Waals surface area contributed by atoms with Crippen LogP contribution in [-0.4, -0.2) is 136 Å². The van der Waals surface area contributed by atoms with Crippen LogP contribution in [0, 0.1) is 5.92 Å². The van der Waals surface area contributed by atoms with Crippen molar-refractivity contribution < 1.29 is 48.6 Å². The van der Waals surface area contributed by atoms with E-state index in [1.54, 1.807) is 13.8 Å². The molecule has 0 fully saturated rings. The molecule has 22 nitrogen and oxygen atoms in total. The van der Waals surface area contributed by atoms with Gasteiger partial charge in [0.1, 0.15) is 36.3 Å². The molecule has 24 heteroatoms. The Kier molecular flexibility index (Phi) is 22.7. The second-order valence-electron chi connectivity index (χ2n) is 12.3. The summed E-state index contributed by atoms with van der Waals surface area (Å²) in [5.41, 5.74) is 26.8. The lowest BCUT2D eigenvalue weighted by Crippen LogP contribution is -2.62. The maximum absolute atomic E-state index is 13.3. The van der Waals surface area contributed by atoms with Gasteiger partial charge in [-0.1, -0.05) is 13.8 Å². The number of hydrogen-bond donors (Lipinski definition) is 15. The monoisotopic (exact) mass is 794 g/mol. The van der Waals surface area contributed by atoms with Crippen LogP contribution in [-0.2, 0) is 38.4 Å². The van der Waals surface area contributed by atoms with Gasteiger partial charge in [-0.05, 0) is 32.1 Å². The van der Waals surface area contributed by atoms with E-state index in [2.05, 4.69) is 62.2 Å². The number of aliphatic hydroxyl groups is 2. The fourth-order valence-corrected chi connectivity index (χ4v) is 4.82. The molecule has 0 rings (SSSR count). The summed E-state index contributed by atoms with van der Waals surface area (Å²) >= 11 is 7.93. The molecule has 8 amide bonds. The van der Waals surface area contributed by atoms with Crippen LogP contribution in [0.5, 0.6) is 0 Å². The summed E-state index contributed by atoms with van der Waals surface area (Å²) in [4.78, 5) is 106. The van der Waals surface area contributed by atoms with Crippen molar-refractivity contribution in [3.63, 3.8) is 0 Å². The SMILES string of the molecule is CC(C)C[C@H](NC(=O)[C@@H](NC(=O)[C@H](CC(N)=O)NC(=O)[C@H](CO)NC(=O)[C@H](CCCN=C(N)N)NC(=O)[C@@H](N)CS)[C@@H](C)O)C(=O)N[C@@H](CS)C(N)=O. The minimum Gasteiger partial charge on any atom is -0.394 e. The lowest BCUT2D eigenvalue weighted by molar-refractivity contribution is -0.137. The number of primary amides is 2. The fourth-order valence-electron chi connectivity index (χ4n) is 4.39. The first-order chi connectivity index (χ1) is 24.7. The lowest BCUT2D eigenvalue weighted by atomic mass is 10.0. The lowest BCUT2D eigenvalue weighted by Gasteiger charge is -2.28. The maximum Gasteiger partial charge on any atom is 0.245 e. The molecule has 0 bridgehead atoms. The zero-order valence-electron chi connectivity index (χ0n) is 29.7. The number of thiol groups is 2. The van der Waals surface area contributed by atoms with E-state index < -0.39 is 109 Å². The Morgan fingerprint density at radius 2 is 1.15 bits per heavy atom. The van der Waals surface area contributed by atoms with Gasteiger partial charge in [0.05, 0.1) is 25.2 Å². The minimum atomic E-state index is -1.80. The van der Waals surface area contributed by atoms with E-state index in [0.29, 0.717) is 0 Å². The van der Waals surface area contributed by atoms with E-state index >= 15 is 0 Å². The van der Waals surface area contributed by atoms with Gasteiger partial charge in [-0.3, -0.25) is 43.3 Å². The summed E-state index contributed by atoms with van der Waals surface area (Å²) in [6.45, 7) is 3.69. The van der Waals surface area contributed by atoms with Crippen LogP contribution in [0.2, 0.25) is 0 Å². The van der Waals surface area contributed by atoms with Crippen LogP contribution in [0.1, 0.15) is 46.5 Å². The Balaban J connectivity index is 6.05. The number of guanidine groups is 1. The molecule has 0 aromatic rings. The third-order valence-corrected chi connectivity index (χ3v) is 7.97. The van der Waals surface area contributed by atoms with Crippen molar-refractivity contribution >= 4 is 78.5 Å². The second-order valence-corrected chi connectivity index (χ2v) is 13.1. The predicted molar refractivity (Wildman–Crippen MR) is 198 cm³/mol. The third kappa shape index (κ3) is 18.8. The highest BCUT2D eigenvalue weighted by atomic mass is 32.1. The molecule has 0 aromatic carbocycles. The molecule has 0 saturated carbocycles. The van der Waals surface area contributed by atoms with Crippen LogP contribution in [0.4, 0.5) is 0 Å². The zero-order valence-corrected chi connectivity index (χ0v) is 31.5. The van der Waals surface area contributed by atoms with Gasteiger partial charge in [-0.15, -0.1) is 0 Å². The van der Waals surface area contributed by atoms with Crippen LogP contribution in [0.25, 0.3) is 0 Å². The van der Waals surface area contributed by atoms with Crippen molar-refractivity contribution in [1.29, 1.82) is 0 Å². The number of nitrogens with two attached hydrogens (primary N) is 5. The van der Waals surface area contributed by atoms with Gasteiger partial charge >= 0.3 is 0 Å². The standard InChI is InChI=1S/C29H54N12O10S2/c1-12(2)7-16(25(48)40-19(11-53)22(32)45)38-28(51)21(13(3)43)41-26(49)17(8-20(31)44)37-27(50)18(9-42)39-24(47)15(5-4-6-35-29(33)34)36-23(46)14(30)10-52/h12-19,21,42-43,52-53H,4-11,30H2,1-3H3,(H2,31,44)(H2,32,45)(H,36,46)(H,37,50)(H,38,51)(H,39,47)(H,40,48)(H,41,49)(H4,33,34,35)/t13-,14+,15+,16+,17+,18+,19+,21+/m1/s1. The van der Waals surface area contributed by atoms with Crippen molar-refractivity contribution in [1.82, 2.24) is 31.9 Å². The Morgan fingerprint density at radius 3 is 1.62 bits per heavy atom. The summed E-state index contributed by atoms with van der Waals surface area (Å²) in [7, 11) is 0. The number of aliphatic imine (C=N–C) groups is 1. The van der Waals surface area contributed by atoms with Crippen molar-refractivity contribution in [3.8, 4) is 0 Å². The average molecular weight is 795 g/mol. The van der Waals surface area contributed by atoms with Gasteiger partial charge < -0.3 is 70.8 Å². The molecule has 0 aliphatic heterocycles. The Hall–Kier alpha value is -4.39. The van der Waals surface area contributed by atoms with E-state index in [-0.39, 0.29) is 49.2 Å². The molecular formula is C29H54N12O10S2. The van der Waals surface area contributed by atoms with Crippen LogP contribution < -0.4 is 60.6 Å². The largest absolute Gasteiger partial charge is 0.394 e. The van der Waals surface area contributed by atoms with Crippen molar-refractivity contribution in [2.75, 3.05) is 24.7 Å². The van der Waals surface area contributed by atoms with E-state index in [1.165, 1.54) is 0 Å². The van der Waals surface area contributed by atoms with E-state index in [1.807, 2.05) is 0 Å². The molecule has 0 heterocycles. The molecule has 0 saturated heterocycles. The molecule has 8 atom stereocenters. The number of aliphatic hydroxyl groups excluding tert-OH is 2. The number of nitrogens with one attached hydrogen (secondary N) is 6. The average Bonchev–Trinajstić information content (AvgIpc) is 3.07. The summed E-state index contributed by atoms with van der Waals surface area (Å²) in [6.07, 6.45) is -2.22. The van der Waals surface area contributed by atoms with E-state index in [9.17, 15) is 48.6 Å². The van der Waals surface area contributed by atoms with E-state index in [0.717, 1.165) is 6.92 Å². The van der Waals surface area contributed by atoms with Crippen LogP contribution >= 0.6 is 25.3 Å². The van der Waals surface area contributed by atoms with Crippen molar-refractivity contribution in [3.05, 3.63) is 0 Å². The number of nitrogens with zero attached hydrogens (tertiary/aromatic N) is 1. The fraction of sp³-hybridized carbons (Fsp3) is 0.690. The molecule has 53 heavy (non-hydrogen) atoms. The summed E-state index contributed by atoms with van der Waals surface area (Å²) in [6, 6.07) is -10.1. The van der Waals surface area contributed by atoms with Gasteiger partial charge in [0.2, 0.25) is 47.3 Å². The smallest absolute Gasteiger partial charge is 0.245 e. The number of amides is 8. The number of rotatable bonds is 25. The summed E-state index contributed by atoms with van der Waals surface area (Å²) < 4.78 is 0. The number of carbonyl (C=O) groups excluding carboxylic acids is 8. The highest BCUT2D eigenvalue weighted by Crippen LogP contribution is 2.08. The molecule has 0 unspecified atom stereocenters. The normalized spacial score (nSPS) is 15.5. The van der Waals surface area contributed by atoms with E-state index in [4.69, 9.17) is 28.7 Å². The first kappa shape index (κ1) is 48.6. The number of hydrogen-bond acceptors (Lipinski definition) is 14. The first-order valence-corrected chi connectivity index (χ1v) is 17.7. The third-order valence-electron chi connectivity index (χ3n) is 7.21. The number of carbonyl (C=O) groups is 8. The van der Waals surface area contributed by atoms with Gasteiger partial charge in [0.15, 0.2) is 5.96 Å². The summed E-state index contributed by atoms with van der Waals surface area (Å²) in [5, 5.41) is 34.1. The molecule has 0 aliphatic rings. The molecular weight excluding hydrogens is 741 g/mol.